The fourth-order valence-electron chi connectivity index (χ4n) is 3.77. The maximum Gasteiger partial charge on any atom is 0.322 e. The monoisotopic (exact) mass is 451 g/mol. The topological polar surface area (TPSA) is 114 Å². The third-order valence-electron chi connectivity index (χ3n) is 5.64. The van der Waals surface area contributed by atoms with E-state index in [1.165, 1.54) is 7.11 Å². The van der Waals surface area contributed by atoms with E-state index in [0.717, 1.165) is 24.0 Å². The lowest BCUT2D eigenvalue weighted by Crippen LogP contribution is -2.48. The molecule has 0 saturated carbocycles. The van der Waals surface area contributed by atoms with Crippen LogP contribution in [0.4, 0.5) is 5.69 Å². The number of nitrogens with one attached hydrogen (secondary N) is 1. The smallest absolute Gasteiger partial charge is 0.322 e. The molecule has 10 nitrogen and oxygen atoms in total. The highest BCUT2D eigenvalue weighted by Crippen LogP contribution is 2.40. The molecule has 0 bridgehead atoms. The van der Waals surface area contributed by atoms with Crippen LogP contribution in [0.15, 0.2) is 36.4 Å². The van der Waals surface area contributed by atoms with Crippen LogP contribution in [0.1, 0.15) is 11.3 Å². The number of carbonyl (C=O) groups excluding carboxylic acids is 1. The summed E-state index contributed by atoms with van der Waals surface area (Å²) in [7, 11) is 3.35. The second-order valence-corrected chi connectivity index (χ2v) is 7.75. The van der Waals surface area contributed by atoms with Crippen molar-refractivity contribution >= 4 is 34.6 Å². The summed E-state index contributed by atoms with van der Waals surface area (Å²) in [5.74, 6) is -0.0450. The van der Waals surface area contributed by atoms with Gasteiger partial charge in [-0.2, -0.15) is 5.10 Å². The fraction of sp³-hybridized carbons (Fsp3) is 0.304. The molecule has 33 heavy (non-hydrogen) atoms. The summed E-state index contributed by atoms with van der Waals surface area (Å²) in [4.78, 5) is 27.7. The second kappa shape index (κ2) is 9.70. The maximum absolute atomic E-state index is 12.5. The number of carbonyl (C=O) groups is 1. The Morgan fingerprint density at radius 3 is 2.67 bits per heavy atom. The molecular formula is C23H25N5O5. The minimum Gasteiger partial charge on any atom is -0.488 e. The average molecular weight is 451 g/mol. The number of amides is 1. The molecule has 1 N–H and O–H groups in total. The number of likely N-dealkylation sites (N-methyl/N-ethyl adjacent to an activating group) is 1. The summed E-state index contributed by atoms with van der Waals surface area (Å²) in [6, 6.07) is 10.8. The van der Waals surface area contributed by atoms with E-state index in [4.69, 9.17) is 9.47 Å². The van der Waals surface area contributed by atoms with E-state index in [2.05, 4.69) is 15.1 Å². The molecule has 1 amide bonds. The zero-order chi connectivity index (χ0) is 23.4. The second-order valence-electron chi connectivity index (χ2n) is 7.75. The molecule has 0 spiro atoms. The van der Waals surface area contributed by atoms with Gasteiger partial charge in [-0.05, 0) is 37.4 Å². The molecule has 1 aliphatic rings. The Hall–Kier alpha value is -3.92. The summed E-state index contributed by atoms with van der Waals surface area (Å²) in [5.41, 5.74) is 1.63. The van der Waals surface area contributed by atoms with Gasteiger partial charge in [0.15, 0.2) is 12.4 Å². The van der Waals surface area contributed by atoms with E-state index in [1.54, 1.807) is 29.2 Å². The van der Waals surface area contributed by atoms with Gasteiger partial charge in [-0.25, -0.2) is 0 Å². The van der Waals surface area contributed by atoms with Crippen LogP contribution < -0.4 is 9.47 Å². The van der Waals surface area contributed by atoms with E-state index < -0.39 is 4.92 Å². The molecule has 1 saturated heterocycles. The first-order valence-corrected chi connectivity index (χ1v) is 10.5. The first kappa shape index (κ1) is 22.3. The van der Waals surface area contributed by atoms with Gasteiger partial charge < -0.3 is 19.3 Å². The van der Waals surface area contributed by atoms with Gasteiger partial charge in [-0.3, -0.25) is 20.0 Å². The van der Waals surface area contributed by atoms with Crippen LogP contribution in [-0.2, 0) is 4.79 Å². The molecule has 0 radical (unpaired) electrons. The number of nitrogens with zero attached hydrogens (tertiary/aromatic N) is 4. The van der Waals surface area contributed by atoms with E-state index in [-0.39, 0.29) is 29.7 Å². The van der Waals surface area contributed by atoms with Crippen molar-refractivity contribution in [2.24, 2.45) is 0 Å². The molecule has 1 aromatic heterocycles. The van der Waals surface area contributed by atoms with Gasteiger partial charge in [-0.15, -0.1) is 0 Å². The lowest BCUT2D eigenvalue weighted by molar-refractivity contribution is -0.386. The Labute approximate surface area is 190 Å². The number of para-hydroxylation sites is 1. The first-order valence-electron chi connectivity index (χ1n) is 10.5. The number of fused-ring (bicyclic) bond motifs is 1. The van der Waals surface area contributed by atoms with Crippen LogP contribution >= 0.6 is 0 Å². The molecule has 2 heterocycles. The number of aromatic nitrogens is 2. The SMILES string of the molecule is COc1c(OCC(=O)N2CCN(C)CC2)ccc(/C=C/c2n[nH]c3ccccc23)c1[N+](=O)[O-]. The molecule has 1 aliphatic heterocycles. The molecule has 0 aliphatic carbocycles. The van der Waals surface area contributed by atoms with Gasteiger partial charge in [-0.1, -0.05) is 18.2 Å². The third kappa shape index (κ3) is 4.80. The van der Waals surface area contributed by atoms with E-state index in [9.17, 15) is 14.9 Å². The third-order valence-corrected chi connectivity index (χ3v) is 5.64. The zero-order valence-corrected chi connectivity index (χ0v) is 18.5. The van der Waals surface area contributed by atoms with Crippen LogP contribution in [0.2, 0.25) is 0 Å². The summed E-state index contributed by atoms with van der Waals surface area (Å²) in [5, 5.41) is 20.0. The normalized spacial score (nSPS) is 14.7. The average Bonchev–Trinajstić information content (AvgIpc) is 3.24. The van der Waals surface area contributed by atoms with Gasteiger partial charge in [0, 0.05) is 31.6 Å². The van der Waals surface area contributed by atoms with E-state index in [0.29, 0.717) is 24.3 Å². The number of piperazine rings is 1. The molecule has 10 heteroatoms. The number of hydrogen-bond donors (Lipinski definition) is 1. The molecule has 4 rings (SSSR count). The predicted octanol–water partition coefficient (Wildman–Crippen LogP) is 2.80. The van der Waals surface area contributed by atoms with Crippen molar-refractivity contribution in [2.45, 2.75) is 0 Å². The Morgan fingerprint density at radius 2 is 1.94 bits per heavy atom. The lowest BCUT2D eigenvalue weighted by Gasteiger charge is -2.32. The highest BCUT2D eigenvalue weighted by atomic mass is 16.6. The Bertz CT molecular complexity index is 1200. The molecule has 0 unspecified atom stereocenters. The Morgan fingerprint density at radius 1 is 1.18 bits per heavy atom. The van der Waals surface area contributed by atoms with E-state index in [1.807, 2.05) is 31.3 Å². The summed E-state index contributed by atoms with van der Waals surface area (Å²) >= 11 is 0. The Kier molecular flexibility index (Phi) is 6.55. The molecule has 2 aromatic carbocycles. The van der Waals surface area contributed by atoms with Crippen molar-refractivity contribution in [3.05, 3.63) is 57.8 Å². The summed E-state index contributed by atoms with van der Waals surface area (Å²) < 4.78 is 11.0. The number of ether oxygens (including phenoxy) is 2. The van der Waals surface area contributed by atoms with Crippen molar-refractivity contribution < 1.29 is 19.2 Å². The fourth-order valence-corrected chi connectivity index (χ4v) is 3.77. The largest absolute Gasteiger partial charge is 0.488 e. The van der Waals surface area contributed by atoms with Crippen LogP contribution in [0.5, 0.6) is 11.5 Å². The van der Waals surface area contributed by atoms with Crippen molar-refractivity contribution in [2.75, 3.05) is 46.9 Å². The van der Waals surface area contributed by atoms with E-state index >= 15 is 0 Å². The number of nitro groups is 1. The quantitative estimate of drug-likeness (QED) is 0.434. The van der Waals surface area contributed by atoms with Crippen LogP contribution in [-0.4, -0.2) is 77.8 Å². The minimum absolute atomic E-state index is 0.0276. The highest BCUT2D eigenvalue weighted by Gasteiger charge is 2.26. The number of aromatic amines is 1. The summed E-state index contributed by atoms with van der Waals surface area (Å²) in [6.07, 6.45) is 3.32. The van der Waals surface area contributed by atoms with Crippen LogP contribution in [0.3, 0.4) is 0 Å². The molecule has 3 aromatic rings. The van der Waals surface area contributed by atoms with Crippen molar-refractivity contribution in [1.29, 1.82) is 0 Å². The number of hydrogen-bond acceptors (Lipinski definition) is 7. The first-order chi connectivity index (χ1) is 16.0. The number of nitro benzene ring substituents is 1. The summed E-state index contributed by atoms with van der Waals surface area (Å²) in [6.45, 7) is 2.63. The molecule has 1 fully saturated rings. The standard InChI is InChI=1S/C23H25N5O5/c1-26-11-13-27(14-12-26)21(29)15-33-20-10-8-16(22(28(30)31)23(20)32-2)7-9-19-17-5-3-4-6-18(17)24-25-19/h3-10H,11-15H2,1-2H3,(H,24,25)/b9-7+. The predicted molar refractivity (Wildman–Crippen MR) is 124 cm³/mol. The van der Waals surface area contributed by atoms with Gasteiger partial charge in [0.05, 0.1) is 28.8 Å². The van der Waals surface area contributed by atoms with Gasteiger partial charge in [0.2, 0.25) is 5.75 Å². The van der Waals surface area contributed by atoms with Gasteiger partial charge >= 0.3 is 5.69 Å². The molecule has 172 valence electrons. The van der Waals surface area contributed by atoms with Crippen molar-refractivity contribution in [3.8, 4) is 11.5 Å². The van der Waals surface area contributed by atoms with Crippen molar-refractivity contribution in [1.82, 2.24) is 20.0 Å². The number of benzene rings is 2. The molecule has 0 atom stereocenters. The maximum atomic E-state index is 12.5. The lowest BCUT2D eigenvalue weighted by atomic mass is 10.1. The number of methoxy groups -OCH3 is 1. The number of rotatable bonds is 7. The van der Waals surface area contributed by atoms with Crippen LogP contribution in [0.25, 0.3) is 23.1 Å². The van der Waals surface area contributed by atoms with Crippen LogP contribution in [0, 0.1) is 10.1 Å². The van der Waals surface area contributed by atoms with Gasteiger partial charge in [0.1, 0.15) is 0 Å². The number of H-pyrrole nitrogens is 1. The van der Waals surface area contributed by atoms with Gasteiger partial charge in [0.25, 0.3) is 5.91 Å². The minimum atomic E-state index is -0.518. The van der Waals surface area contributed by atoms with Crippen molar-refractivity contribution in [3.63, 3.8) is 0 Å². The Balaban J connectivity index is 1.56. The molecular weight excluding hydrogens is 426 g/mol. The highest BCUT2D eigenvalue weighted by molar-refractivity contribution is 5.90. The zero-order valence-electron chi connectivity index (χ0n) is 18.5.